The molecule has 0 amide bonds. The smallest absolute Gasteiger partial charge is 0.304 e. The standard InChI is InChI=1S/C11H12ClN5OS/c1-6-9-10(16(2)15-6)17(8(3-12)14-9)4-7-5-19-11(18)13-7/h5H,3-4H2,1-2H3,(H,13,18). The Morgan fingerprint density at radius 2 is 2.32 bits per heavy atom. The highest BCUT2D eigenvalue weighted by atomic mass is 35.5. The van der Waals surface area contributed by atoms with E-state index in [1.807, 2.05) is 23.9 Å². The van der Waals surface area contributed by atoms with Crippen LogP contribution >= 0.6 is 22.9 Å². The van der Waals surface area contributed by atoms with E-state index < -0.39 is 0 Å². The first-order valence-corrected chi connectivity index (χ1v) is 7.13. The molecule has 0 aromatic carbocycles. The van der Waals surface area contributed by atoms with Crippen molar-refractivity contribution in [1.82, 2.24) is 24.3 Å². The minimum absolute atomic E-state index is 0.0556. The molecule has 0 atom stereocenters. The predicted octanol–water partition coefficient (Wildman–Crippen LogP) is 1.62. The molecule has 3 rings (SSSR count). The van der Waals surface area contributed by atoms with Gasteiger partial charge in [0, 0.05) is 18.1 Å². The van der Waals surface area contributed by atoms with Crippen LogP contribution in [-0.4, -0.2) is 24.3 Å². The van der Waals surface area contributed by atoms with Gasteiger partial charge < -0.3 is 9.55 Å². The fourth-order valence-electron chi connectivity index (χ4n) is 2.21. The molecule has 0 aliphatic heterocycles. The summed E-state index contributed by atoms with van der Waals surface area (Å²) >= 11 is 7.11. The quantitative estimate of drug-likeness (QED) is 0.747. The summed E-state index contributed by atoms with van der Waals surface area (Å²) in [4.78, 5) is 18.5. The number of H-pyrrole nitrogens is 1. The molecule has 3 aromatic heterocycles. The van der Waals surface area contributed by atoms with Gasteiger partial charge in [-0.05, 0) is 6.92 Å². The molecule has 0 unspecified atom stereocenters. The number of alkyl halides is 1. The van der Waals surface area contributed by atoms with E-state index in [-0.39, 0.29) is 4.87 Å². The molecule has 0 fully saturated rings. The van der Waals surface area contributed by atoms with E-state index in [4.69, 9.17) is 11.6 Å². The lowest BCUT2D eigenvalue weighted by Crippen LogP contribution is -2.09. The van der Waals surface area contributed by atoms with Crippen molar-refractivity contribution in [3.05, 3.63) is 32.3 Å². The zero-order valence-corrected chi connectivity index (χ0v) is 12.0. The Morgan fingerprint density at radius 1 is 1.53 bits per heavy atom. The highest BCUT2D eigenvalue weighted by Gasteiger charge is 2.17. The number of aryl methyl sites for hydroxylation is 2. The third-order valence-electron chi connectivity index (χ3n) is 2.99. The molecule has 0 saturated carbocycles. The Hall–Kier alpha value is -1.60. The Balaban J connectivity index is 2.17. The van der Waals surface area contributed by atoms with Gasteiger partial charge in [0.05, 0.1) is 18.1 Å². The molecule has 0 aliphatic rings. The second kappa shape index (κ2) is 4.50. The normalized spacial score (nSPS) is 11.5. The van der Waals surface area contributed by atoms with Crippen LogP contribution in [0.15, 0.2) is 10.2 Å². The summed E-state index contributed by atoms with van der Waals surface area (Å²) in [5.41, 5.74) is 3.50. The molecular weight excluding hydrogens is 286 g/mol. The number of halogens is 1. The van der Waals surface area contributed by atoms with Crippen LogP contribution in [-0.2, 0) is 19.5 Å². The van der Waals surface area contributed by atoms with Crippen LogP contribution < -0.4 is 4.87 Å². The third-order valence-corrected chi connectivity index (χ3v) is 3.95. The van der Waals surface area contributed by atoms with E-state index in [1.54, 1.807) is 4.68 Å². The second-order valence-electron chi connectivity index (χ2n) is 4.30. The SMILES string of the molecule is Cc1nn(C)c2c1nc(CCl)n2Cc1csc(=O)[nH]1. The van der Waals surface area contributed by atoms with Crippen LogP contribution in [0, 0.1) is 6.92 Å². The average molecular weight is 298 g/mol. The molecule has 6 nitrogen and oxygen atoms in total. The van der Waals surface area contributed by atoms with Crippen LogP contribution in [0.25, 0.3) is 11.2 Å². The molecule has 19 heavy (non-hydrogen) atoms. The molecule has 3 heterocycles. The van der Waals surface area contributed by atoms with Crippen molar-refractivity contribution in [3.8, 4) is 0 Å². The average Bonchev–Trinajstić information content (AvgIpc) is 3.00. The van der Waals surface area contributed by atoms with Gasteiger partial charge in [0.2, 0.25) is 0 Å². The Labute approximate surface area is 117 Å². The van der Waals surface area contributed by atoms with E-state index in [1.165, 1.54) is 0 Å². The van der Waals surface area contributed by atoms with Gasteiger partial charge in [-0.15, -0.1) is 11.6 Å². The first-order chi connectivity index (χ1) is 9.10. The number of nitrogens with one attached hydrogen (secondary N) is 1. The number of fused-ring (bicyclic) bond motifs is 1. The number of nitrogens with zero attached hydrogens (tertiary/aromatic N) is 4. The number of hydrogen-bond donors (Lipinski definition) is 1. The van der Waals surface area contributed by atoms with Gasteiger partial charge in [-0.2, -0.15) is 5.10 Å². The summed E-state index contributed by atoms with van der Waals surface area (Å²) in [6, 6.07) is 0. The zero-order valence-electron chi connectivity index (χ0n) is 10.5. The molecule has 0 radical (unpaired) electrons. The van der Waals surface area contributed by atoms with Crippen LogP contribution in [0.5, 0.6) is 0 Å². The van der Waals surface area contributed by atoms with Crippen LogP contribution in [0.1, 0.15) is 17.2 Å². The maximum Gasteiger partial charge on any atom is 0.304 e. The summed E-state index contributed by atoms with van der Waals surface area (Å²) in [6.45, 7) is 2.46. The molecule has 3 aromatic rings. The van der Waals surface area contributed by atoms with Gasteiger partial charge >= 0.3 is 4.87 Å². The minimum Gasteiger partial charge on any atom is -0.315 e. The minimum atomic E-state index is -0.0556. The molecule has 0 saturated heterocycles. The number of hydrogen-bond acceptors (Lipinski definition) is 4. The van der Waals surface area contributed by atoms with Crippen molar-refractivity contribution in [3.63, 3.8) is 0 Å². The summed E-state index contributed by atoms with van der Waals surface area (Å²) < 4.78 is 3.78. The largest absolute Gasteiger partial charge is 0.315 e. The number of imidazole rings is 1. The van der Waals surface area contributed by atoms with Gasteiger partial charge in [0.25, 0.3) is 0 Å². The highest BCUT2D eigenvalue weighted by Crippen LogP contribution is 2.21. The van der Waals surface area contributed by atoms with Gasteiger partial charge in [0.1, 0.15) is 11.3 Å². The molecule has 100 valence electrons. The summed E-state index contributed by atoms with van der Waals surface area (Å²) in [7, 11) is 1.88. The number of rotatable bonds is 3. The maximum absolute atomic E-state index is 11.2. The van der Waals surface area contributed by atoms with Crippen LogP contribution in [0.3, 0.4) is 0 Å². The van der Waals surface area contributed by atoms with Gasteiger partial charge in [-0.3, -0.25) is 9.48 Å². The number of thiazole rings is 1. The Kier molecular flexibility index (Phi) is 2.94. The Bertz CT molecular complexity index is 796. The van der Waals surface area contributed by atoms with E-state index in [0.717, 1.165) is 39.7 Å². The topological polar surface area (TPSA) is 68.5 Å². The van der Waals surface area contributed by atoms with Crippen molar-refractivity contribution >= 4 is 34.1 Å². The maximum atomic E-state index is 11.2. The van der Waals surface area contributed by atoms with E-state index >= 15 is 0 Å². The molecule has 0 aliphatic carbocycles. The van der Waals surface area contributed by atoms with Crippen LogP contribution in [0.2, 0.25) is 0 Å². The van der Waals surface area contributed by atoms with Crippen molar-refractivity contribution < 1.29 is 0 Å². The fourth-order valence-corrected chi connectivity index (χ4v) is 2.99. The van der Waals surface area contributed by atoms with E-state index in [9.17, 15) is 4.79 Å². The molecule has 8 heteroatoms. The molecule has 0 bridgehead atoms. The van der Waals surface area contributed by atoms with Crippen LogP contribution in [0.4, 0.5) is 0 Å². The lowest BCUT2D eigenvalue weighted by molar-refractivity contribution is 0.695. The molecule has 0 spiro atoms. The van der Waals surface area contributed by atoms with Gasteiger partial charge in [-0.1, -0.05) is 11.3 Å². The number of aromatic nitrogens is 5. The van der Waals surface area contributed by atoms with Crippen molar-refractivity contribution in [1.29, 1.82) is 0 Å². The lowest BCUT2D eigenvalue weighted by atomic mass is 10.4. The fraction of sp³-hybridized carbons (Fsp3) is 0.364. The second-order valence-corrected chi connectivity index (χ2v) is 5.41. The van der Waals surface area contributed by atoms with Gasteiger partial charge in [-0.25, -0.2) is 4.98 Å². The predicted molar refractivity (Wildman–Crippen MR) is 74.8 cm³/mol. The summed E-state index contributed by atoms with van der Waals surface area (Å²) in [5, 5.41) is 6.17. The van der Waals surface area contributed by atoms with Crippen molar-refractivity contribution in [2.24, 2.45) is 7.05 Å². The van der Waals surface area contributed by atoms with Gasteiger partial charge in [0.15, 0.2) is 5.65 Å². The first kappa shape index (κ1) is 12.4. The Morgan fingerprint density at radius 3 is 2.95 bits per heavy atom. The van der Waals surface area contributed by atoms with Crippen molar-refractivity contribution in [2.75, 3.05) is 0 Å². The third kappa shape index (κ3) is 1.98. The number of aromatic amines is 1. The zero-order chi connectivity index (χ0) is 13.6. The van der Waals surface area contributed by atoms with E-state index in [0.29, 0.717) is 12.4 Å². The lowest BCUT2D eigenvalue weighted by Gasteiger charge is -2.06. The first-order valence-electron chi connectivity index (χ1n) is 5.71. The summed E-state index contributed by atoms with van der Waals surface area (Å²) in [5.74, 6) is 1.10. The van der Waals surface area contributed by atoms with Crippen molar-refractivity contribution in [2.45, 2.75) is 19.3 Å². The van der Waals surface area contributed by atoms with E-state index in [2.05, 4.69) is 15.1 Å². The summed E-state index contributed by atoms with van der Waals surface area (Å²) in [6.07, 6.45) is 0. The molecule has 1 N–H and O–H groups in total. The monoisotopic (exact) mass is 297 g/mol. The molecular formula is C11H12ClN5OS. The highest BCUT2D eigenvalue weighted by molar-refractivity contribution is 7.07.